The van der Waals surface area contributed by atoms with E-state index in [4.69, 9.17) is 0 Å². The number of hydrogen-bond donors (Lipinski definition) is 1. The van der Waals surface area contributed by atoms with Crippen LogP contribution in [0, 0.1) is 6.92 Å². The largest absolute Gasteiger partial charge is 0.359 e. The molecule has 60 valence electrons. The van der Waals surface area contributed by atoms with E-state index in [1.807, 2.05) is 18.2 Å². The zero-order valence-corrected chi connectivity index (χ0v) is 7.04. The van der Waals surface area contributed by atoms with Gasteiger partial charge >= 0.3 is 0 Å². The highest BCUT2D eigenvalue weighted by molar-refractivity contribution is 5.46. The maximum absolute atomic E-state index is 3.29. The molecule has 1 N–H and O–H groups in total. The molecule has 0 aromatic carbocycles. The first-order chi connectivity index (χ1) is 5.86. The summed E-state index contributed by atoms with van der Waals surface area (Å²) in [5.41, 5.74) is 1.20. The maximum Gasteiger partial charge on any atom is 0.0455 e. The standard InChI is InChI=1S/C11H11N/c1-9-8-10-6-4-2-3-5-7-11(10)12-9/h2-8,12H,1H3/b3-2?,4-2+,5-3-,6-4?,7-5?,10-6+,11-7+. The van der Waals surface area contributed by atoms with Gasteiger partial charge in [0.25, 0.3) is 0 Å². The molecule has 12 heavy (non-hydrogen) atoms. The lowest BCUT2D eigenvalue weighted by Crippen LogP contribution is -2.21. The molecular weight excluding hydrogens is 146 g/mol. The molecule has 1 aromatic heterocycles. The number of fused-ring (bicyclic) bond motifs is 1. The van der Waals surface area contributed by atoms with E-state index in [1.165, 1.54) is 16.3 Å². The van der Waals surface area contributed by atoms with Crippen LogP contribution in [0.1, 0.15) is 5.69 Å². The summed E-state index contributed by atoms with van der Waals surface area (Å²) < 4.78 is 0. The van der Waals surface area contributed by atoms with Gasteiger partial charge in [0.05, 0.1) is 0 Å². The summed E-state index contributed by atoms with van der Waals surface area (Å²) in [6, 6.07) is 2.15. The Hall–Kier alpha value is -1.50. The van der Waals surface area contributed by atoms with Crippen LogP contribution >= 0.6 is 0 Å². The Labute approximate surface area is 71.4 Å². The fourth-order valence-corrected chi connectivity index (χ4v) is 1.35. The summed E-state index contributed by atoms with van der Waals surface area (Å²) in [6.45, 7) is 2.07. The van der Waals surface area contributed by atoms with Gasteiger partial charge in [-0.15, -0.1) is 0 Å². The van der Waals surface area contributed by atoms with Gasteiger partial charge in [0.15, 0.2) is 0 Å². The Morgan fingerprint density at radius 3 is 2.58 bits per heavy atom. The van der Waals surface area contributed by atoms with Crippen LogP contribution in [-0.4, -0.2) is 4.98 Å². The van der Waals surface area contributed by atoms with Crippen LogP contribution in [0.3, 0.4) is 0 Å². The topological polar surface area (TPSA) is 15.8 Å². The number of allylic oxidation sites excluding steroid dienone is 4. The molecule has 0 amide bonds. The third-order valence-corrected chi connectivity index (χ3v) is 1.89. The van der Waals surface area contributed by atoms with Crippen LogP contribution < -0.4 is 10.6 Å². The van der Waals surface area contributed by atoms with Crippen LogP contribution in [0.5, 0.6) is 0 Å². The van der Waals surface area contributed by atoms with Crippen molar-refractivity contribution in [2.75, 3.05) is 0 Å². The number of rotatable bonds is 0. The molecule has 2 rings (SSSR count). The van der Waals surface area contributed by atoms with Crippen molar-refractivity contribution in [1.82, 2.24) is 4.98 Å². The SMILES string of the molecule is Cc1cc2/c([nH]1)=C\C=C/C=C/C=2. The highest BCUT2D eigenvalue weighted by atomic mass is 14.7. The minimum absolute atomic E-state index is 1.19. The van der Waals surface area contributed by atoms with Gasteiger partial charge in [0.1, 0.15) is 0 Å². The maximum atomic E-state index is 3.29. The molecule has 0 saturated carbocycles. The second kappa shape index (κ2) is 2.86. The van der Waals surface area contributed by atoms with Gasteiger partial charge in [-0.2, -0.15) is 0 Å². The minimum atomic E-state index is 1.19. The predicted molar refractivity (Wildman–Crippen MR) is 52.0 cm³/mol. The van der Waals surface area contributed by atoms with Gasteiger partial charge < -0.3 is 4.98 Å². The summed E-state index contributed by atoms with van der Waals surface area (Å²) in [6.07, 6.45) is 12.3. The fourth-order valence-electron chi connectivity index (χ4n) is 1.35. The second-order valence-electron chi connectivity index (χ2n) is 2.92. The van der Waals surface area contributed by atoms with Gasteiger partial charge in [-0.05, 0) is 24.3 Å². The average molecular weight is 157 g/mol. The molecule has 1 heteroatoms. The molecule has 0 unspecified atom stereocenters. The van der Waals surface area contributed by atoms with Crippen LogP contribution in [0.25, 0.3) is 12.2 Å². The summed E-state index contributed by atoms with van der Waals surface area (Å²) in [7, 11) is 0. The second-order valence-corrected chi connectivity index (χ2v) is 2.92. The first kappa shape index (κ1) is 7.17. The first-order valence-electron chi connectivity index (χ1n) is 4.07. The van der Waals surface area contributed by atoms with Gasteiger partial charge in [0, 0.05) is 11.0 Å². The number of aryl methyl sites for hydroxylation is 1. The number of H-pyrrole nitrogens is 1. The van der Waals surface area contributed by atoms with E-state index in [2.05, 4.69) is 36.2 Å². The van der Waals surface area contributed by atoms with Gasteiger partial charge in [-0.3, -0.25) is 0 Å². The van der Waals surface area contributed by atoms with Gasteiger partial charge in [0.2, 0.25) is 0 Å². The minimum Gasteiger partial charge on any atom is -0.359 e. The van der Waals surface area contributed by atoms with Crippen molar-refractivity contribution < 1.29 is 0 Å². The highest BCUT2D eigenvalue weighted by Gasteiger charge is 1.88. The normalized spacial score (nSPS) is 25.1. The van der Waals surface area contributed by atoms with E-state index in [0.717, 1.165) is 0 Å². The van der Waals surface area contributed by atoms with E-state index in [-0.39, 0.29) is 0 Å². The van der Waals surface area contributed by atoms with Crippen molar-refractivity contribution in [3.63, 3.8) is 0 Å². The summed E-state index contributed by atoms with van der Waals surface area (Å²) in [5, 5.41) is 2.45. The predicted octanol–water partition coefficient (Wildman–Crippen LogP) is 1.01. The molecule has 1 aromatic rings. The molecule has 0 saturated heterocycles. The monoisotopic (exact) mass is 157 g/mol. The van der Waals surface area contributed by atoms with E-state index < -0.39 is 0 Å². The Morgan fingerprint density at radius 2 is 1.75 bits per heavy atom. The van der Waals surface area contributed by atoms with Crippen molar-refractivity contribution in [3.8, 4) is 0 Å². The van der Waals surface area contributed by atoms with Crippen molar-refractivity contribution in [2.24, 2.45) is 0 Å². The Morgan fingerprint density at radius 1 is 1.00 bits per heavy atom. The van der Waals surface area contributed by atoms with Crippen molar-refractivity contribution in [3.05, 3.63) is 46.6 Å². The molecule has 1 heterocycles. The lowest BCUT2D eigenvalue weighted by atomic mass is 10.3. The van der Waals surface area contributed by atoms with Crippen LogP contribution in [-0.2, 0) is 0 Å². The smallest absolute Gasteiger partial charge is 0.0455 e. The molecule has 1 aliphatic rings. The third kappa shape index (κ3) is 1.26. The third-order valence-electron chi connectivity index (χ3n) is 1.89. The molecule has 0 fully saturated rings. The molecule has 0 radical (unpaired) electrons. The summed E-state index contributed by atoms with van der Waals surface area (Å²) in [5.74, 6) is 0. The fraction of sp³-hybridized carbons (Fsp3) is 0.0909. The molecular formula is C11H11N. The lowest BCUT2D eigenvalue weighted by Gasteiger charge is -1.81. The molecule has 1 nitrogen and oxygen atoms in total. The molecule has 0 aliphatic heterocycles. The zero-order valence-electron chi connectivity index (χ0n) is 7.04. The Balaban J connectivity index is 2.79. The summed E-state index contributed by atoms with van der Waals surface area (Å²) in [4.78, 5) is 3.29. The first-order valence-corrected chi connectivity index (χ1v) is 4.07. The van der Waals surface area contributed by atoms with Crippen LogP contribution in [0.4, 0.5) is 0 Å². The molecule has 1 aliphatic carbocycles. The van der Waals surface area contributed by atoms with Crippen molar-refractivity contribution in [2.45, 2.75) is 6.92 Å². The number of hydrogen-bond acceptors (Lipinski definition) is 0. The van der Waals surface area contributed by atoms with Gasteiger partial charge in [-0.25, -0.2) is 0 Å². The number of aromatic nitrogens is 1. The van der Waals surface area contributed by atoms with E-state index in [9.17, 15) is 0 Å². The average Bonchev–Trinajstić information content (AvgIpc) is 2.32. The molecule has 0 spiro atoms. The quantitative estimate of drug-likeness (QED) is 0.578. The van der Waals surface area contributed by atoms with Crippen LogP contribution in [0.15, 0.2) is 30.4 Å². The van der Waals surface area contributed by atoms with E-state index >= 15 is 0 Å². The molecule has 0 atom stereocenters. The van der Waals surface area contributed by atoms with E-state index in [1.54, 1.807) is 0 Å². The number of nitrogens with one attached hydrogen (secondary N) is 1. The number of aromatic amines is 1. The van der Waals surface area contributed by atoms with Gasteiger partial charge in [-0.1, -0.05) is 30.4 Å². The lowest BCUT2D eigenvalue weighted by molar-refractivity contribution is 1.22. The highest BCUT2D eigenvalue weighted by Crippen LogP contribution is 1.85. The Kier molecular flexibility index (Phi) is 1.71. The Bertz CT molecular complexity index is 402. The zero-order chi connectivity index (χ0) is 8.39. The van der Waals surface area contributed by atoms with Crippen LogP contribution in [0.2, 0.25) is 0 Å². The summed E-state index contributed by atoms with van der Waals surface area (Å²) >= 11 is 0. The van der Waals surface area contributed by atoms with E-state index in [0.29, 0.717) is 0 Å². The van der Waals surface area contributed by atoms with Crippen molar-refractivity contribution >= 4 is 12.2 Å². The molecule has 0 bridgehead atoms. The van der Waals surface area contributed by atoms with Crippen molar-refractivity contribution in [1.29, 1.82) is 0 Å².